The van der Waals surface area contributed by atoms with Gasteiger partial charge in [-0.05, 0) is 31.2 Å². The van der Waals surface area contributed by atoms with Gasteiger partial charge in [-0.2, -0.15) is 0 Å². The van der Waals surface area contributed by atoms with Crippen LogP contribution in [0.1, 0.15) is 27.8 Å². The summed E-state index contributed by atoms with van der Waals surface area (Å²) in [4.78, 5) is 33.4. The average Bonchev–Trinajstić information content (AvgIpc) is 2.76. The molecule has 1 aliphatic heterocycles. The predicted octanol–water partition coefficient (Wildman–Crippen LogP) is 1.81. The second-order valence-electron chi connectivity index (χ2n) is 6.52. The monoisotopic (exact) mass is 382 g/mol. The summed E-state index contributed by atoms with van der Waals surface area (Å²) in [7, 11) is 0. The lowest BCUT2D eigenvalue weighted by Gasteiger charge is -2.26. The smallest absolute Gasteiger partial charge is 0.269 e. The quantitative estimate of drug-likeness (QED) is 0.791. The van der Waals surface area contributed by atoms with Crippen LogP contribution >= 0.6 is 0 Å². The molecule has 2 aromatic rings. The van der Waals surface area contributed by atoms with Gasteiger partial charge >= 0.3 is 0 Å². The molecule has 0 atom stereocenters. The number of anilines is 1. The van der Waals surface area contributed by atoms with Gasteiger partial charge in [0, 0.05) is 50.2 Å². The molecule has 0 saturated carbocycles. The van der Waals surface area contributed by atoms with Crippen molar-refractivity contribution in [3.8, 4) is 0 Å². The normalized spacial score (nSPS) is 14.5. The van der Waals surface area contributed by atoms with Gasteiger partial charge in [-0.1, -0.05) is 18.2 Å². The molecule has 7 heteroatoms. The molecular weight excluding hydrogens is 356 g/mol. The molecule has 3 rings (SSSR count). The number of carbonyl (C=O) groups excluding carboxylic acids is 2. The van der Waals surface area contributed by atoms with E-state index in [0.29, 0.717) is 18.7 Å². The van der Waals surface area contributed by atoms with E-state index in [1.54, 1.807) is 17.0 Å². The van der Waals surface area contributed by atoms with Gasteiger partial charge in [0.05, 0.1) is 13.2 Å². The van der Waals surface area contributed by atoms with E-state index in [-0.39, 0.29) is 17.5 Å². The molecule has 0 spiro atoms. The number of carbonyl (C=O) groups is 2. The molecule has 28 heavy (non-hydrogen) atoms. The minimum atomic E-state index is -0.273. The molecule has 7 nitrogen and oxygen atoms in total. The number of nitrogens with one attached hydrogen (secondary N) is 1. The van der Waals surface area contributed by atoms with Gasteiger partial charge in [-0.15, -0.1) is 0 Å². The van der Waals surface area contributed by atoms with Crippen LogP contribution in [0.4, 0.5) is 5.69 Å². The van der Waals surface area contributed by atoms with E-state index in [9.17, 15) is 9.59 Å². The lowest BCUT2D eigenvalue weighted by molar-refractivity contribution is 0.0383. The predicted molar refractivity (Wildman–Crippen MR) is 108 cm³/mol. The molecule has 2 heterocycles. The van der Waals surface area contributed by atoms with Crippen molar-refractivity contribution in [2.45, 2.75) is 6.92 Å². The van der Waals surface area contributed by atoms with Crippen LogP contribution in [0.3, 0.4) is 0 Å². The van der Waals surface area contributed by atoms with E-state index in [1.807, 2.05) is 37.3 Å². The number of rotatable bonds is 7. The number of pyridine rings is 1. The number of aromatic nitrogens is 1. The largest absolute Gasteiger partial charge is 0.379 e. The zero-order chi connectivity index (χ0) is 19.8. The summed E-state index contributed by atoms with van der Waals surface area (Å²) in [5.74, 6) is -0.427. The number of benzene rings is 1. The van der Waals surface area contributed by atoms with Crippen molar-refractivity contribution in [1.29, 1.82) is 0 Å². The van der Waals surface area contributed by atoms with Crippen molar-refractivity contribution in [2.24, 2.45) is 0 Å². The Balaban J connectivity index is 1.62. The Bertz CT molecular complexity index is 791. The minimum absolute atomic E-state index is 0.154. The SMILES string of the molecule is CCN(C(=O)c1ccnc(C(=O)NCCN2CCOCC2)c1)c1ccccc1. The van der Waals surface area contributed by atoms with E-state index in [2.05, 4.69) is 15.2 Å². The molecule has 1 aromatic heterocycles. The van der Waals surface area contributed by atoms with Crippen LogP contribution in [-0.4, -0.2) is 67.6 Å². The highest BCUT2D eigenvalue weighted by atomic mass is 16.5. The highest BCUT2D eigenvalue weighted by Gasteiger charge is 2.18. The Morgan fingerprint density at radius 3 is 2.64 bits per heavy atom. The first-order valence-electron chi connectivity index (χ1n) is 9.60. The van der Waals surface area contributed by atoms with E-state index < -0.39 is 0 Å². The summed E-state index contributed by atoms with van der Waals surface area (Å²) in [5, 5.41) is 2.88. The summed E-state index contributed by atoms with van der Waals surface area (Å²) in [6.07, 6.45) is 1.50. The Morgan fingerprint density at radius 1 is 1.18 bits per heavy atom. The topological polar surface area (TPSA) is 74.8 Å². The molecule has 1 aromatic carbocycles. The first kappa shape index (κ1) is 20.0. The van der Waals surface area contributed by atoms with Gasteiger partial charge in [0.15, 0.2) is 0 Å². The molecule has 0 bridgehead atoms. The van der Waals surface area contributed by atoms with Gasteiger partial charge in [-0.25, -0.2) is 0 Å². The lowest BCUT2D eigenvalue weighted by Crippen LogP contribution is -2.41. The summed E-state index contributed by atoms with van der Waals surface area (Å²) in [5.41, 5.74) is 1.51. The summed E-state index contributed by atoms with van der Waals surface area (Å²) in [6, 6.07) is 12.7. The van der Waals surface area contributed by atoms with Crippen molar-refractivity contribution in [1.82, 2.24) is 15.2 Å². The Kier molecular flexibility index (Phi) is 7.11. The van der Waals surface area contributed by atoms with Gasteiger partial charge in [-0.3, -0.25) is 19.5 Å². The van der Waals surface area contributed by atoms with Crippen molar-refractivity contribution < 1.29 is 14.3 Å². The zero-order valence-electron chi connectivity index (χ0n) is 16.1. The fourth-order valence-corrected chi connectivity index (χ4v) is 3.14. The van der Waals surface area contributed by atoms with Crippen molar-refractivity contribution >= 4 is 17.5 Å². The van der Waals surface area contributed by atoms with Gasteiger partial charge < -0.3 is 15.0 Å². The number of morpholine rings is 1. The number of para-hydroxylation sites is 1. The standard InChI is InChI=1S/C21H26N4O3/c1-2-25(18-6-4-3-5-7-18)21(27)17-8-9-22-19(16-17)20(26)23-10-11-24-12-14-28-15-13-24/h3-9,16H,2,10-15H2,1H3,(H,23,26). The third-order valence-corrected chi connectivity index (χ3v) is 4.69. The van der Waals surface area contributed by atoms with Crippen molar-refractivity contribution in [2.75, 3.05) is 50.8 Å². The minimum Gasteiger partial charge on any atom is -0.379 e. The number of ether oxygens (including phenoxy) is 1. The highest BCUT2D eigenvalue weighted by molar-refractivity contribution is 6.07. The Morgan fingerprint density at radius 2 is 1.93 bits per heavy atom. The van der Waals surface area contributed by atoms with Crippen LogP contribution in [0, 0.1) is 0 Å². The molecule has 1 aliphatic rings. The fourth-order valence-electron chi connectivity index (χ4n) is 3.14. The van der Waals surface area contributed by atoms with Crippen LogP contribution in [0.2, 0.25) is 0 Å². The molecule has 0 aliphatic carbocycles. The van der Waals surface area contributed by atoms with Crippen LogP contribution in [0.5, 0.6) is 0 Å². The first-order valence-corrected chi connectivity index (χ1v) is 9.60. The first-order chi connectivity index (χ1) is 13.7. The van der Waals surface area contributed by atoms with E-state index in [1.165, 1.54) is 6.20 Å². The third-order valence-electron chi connectivity index (χ3n) is 4.69. The maximum absolute atomic E-state index is 12.9. The van der Waals surface area contributed by atoms with Crippen molar-refractivity contribution in [3.63, 3.8) is 0 Å². The molecule has 2 amide bonds. The molecule has 1 fully saturated rings. The maximum atomic E-state index is 12.9. The number of hydrogen-bond acceptors (Lipinski definition) is 5. The summed E-state index contributed by atoms with van der Waals surface area (Å²) in [6.45, 7) is 6.98. The number of nitrogens with zero attached hydrogens (tertiary/aromatic N) is 3. The van der Waals surface area contributed by atoms with Gasteiger partial charge in [0.2, 0.25) is 0 Å². The van der Waals surface area contributed by atoms with Gasteiger partial charge in [0.25, 0.3) is 11.8 Å². The van der Waals surface area contributed by atoms with E-state index in [0.717, 1.165) is 38.5 Å². The van der Waals surface area contributed by atoms with Gasteiger partial charge in [0.1, 0.15) is 5.69 Å². The van der Waals surface area contributed by atoms with Crippen molar-refractivity contribution in [3.05, 3.63) is 59.9 Å². The van der Waals surface area contributed by atoms with Crippen LogP contribution in [0.15, 0.2) is 48.7 Å². The lowest BCUT2D eigenvalue weighted by atomic mass is 10.1. The summed E-state index contributed by atoms with van der Waals surface area (Å²) >= 11 is 0. The molecule has 0 unspecified atom stereocenters. The molecule has 1 N–H and O–H groups in total. The van der Waals surface area contributed by atoms with Crippen LogP contribution < -0.4 is 10.2 Å². The highest BCUT2D eigenvalue weighted by Crippen LogP contribution is 2.16. The second-order valence-corrected chi connectivity index (χ2v) is 6.52. The second kappa shape index (κ2) is 9.96. The molecule has 0 radical (unpaired) electrons. The Labute approximate surface area is 165 Å². The van der Waals surface area contributed by atoms with E-state index in [4.69, 9.17) is 4.74 Å². The Hall–Kier alpha value is -2.77. The number of hydrogen-bond donors (Lipinski definition) is 1. The fraction of sp³-hybridized carbons (Fsp3) is 0.381. The molecule has 1 saturated heterocycles. The third kappa shape index (κ3) is 5.15. The average molecular weight is 382 g/mol. The summed E-state index contributed by atoms with van der Waals surface area (Å²) < 4.78 is 5.32. The zero-order valence-corrected chi connectivity index (χ0v) is 16.1. The van der Waals surface area contributed by atoms with Crippen LogP contribution in [-0.2, 0) is 4.74 Å². The van der Waals surface area contributed by atoms with Crippen LogP contribution in [0.25, 0.3) is 0 Å². The van der Waals surface area contributed by atoms with E-state index >= 15 is 0 Å². The maximum Gasteiger partial charge on any atom is 0.269 e. The number of amides is 2. The molecular formula is C21H26N4O3. The molecule has 148 valence electrons.